The molecule has 0 aliphatic heterocycles. The maximum absolute atomic E-state index is 11.8. The van der Waals surface area contributed by atoms with Gasteiger partial charge in [0.25, 0.3) is 0 Å². The van der Waals surface area contributed by atoms with Crippen LogP contribution in [0.4, 0.5) is 5.69 Å². The molecule has 0 bridgehead atoms. The smallest absolute Gasteiger partial charge is 0.240 e. The predicted molar refractivity (Wildman–Crippen MR) is 112 cm³/mol. The summed E-state index contributed by atoms with van der Waals surface area (Å²) < 4.78 is 2.09. The van der Waals surface area contributed by atoms with E-state index in [1.807, 2.05) is 48.5 Å². The number of anilines is 1. The van der Waals surface area contributed by atoms with Gasteiger partial charge in [0.05, 0.1) is 6.21 Å². The highest BCUT2D eigenvalue weighted by atomic mass is 127. The number of amides is 2. The van der Waals surface area contributed by atoms with Crippen LogP contribution < -0.4 is 10.7 Å². The zero-order valence-electron chi connectivity index (χ0n) is 13.3. The minimum Gasteiger partial charge on any atom is -0.326 e. The molecular formula is C18H17BrIN3O2. The summed E-state index contributed by atoms with van der Waals surface area (Å²) in [6, 6.07) is 15.1. The number of carbonyl (C=O) groups excluding carboxylic acids is 2. The van der Waals surface area contributed by atoms with Crippen LogP contribution in [0, 0.1) is 3.57 Å². The Kier molecular flexibility index (Phi) is 8.07. The first-order valence-corrected chi connectivity index (χ1v) is 9.53. The van der Waals surface area contributed by atoms with E-state index < -0.39 is 0 Å². The number of hydrazone groups is 1. The van der Waals surface area contributed by atoms with E-state index >= 15 is 0 Å². The lowest BCUT2D eigenvalue weighted by Crippen LogP contribution is -2.18. The summed E-state index contributed by atoms with van der Waals surface area (Å²) in [7, 11) is 0. The Morgan fingerprint density at radius 3 is 2.32 bits per heavy atom. The summed E-state index contributed by atoms with van der Waals surface area (Å²) >= 11 is 5.56. The first-order chi connectivity index (χ1) is 12.0. The number of benzene rings is 2. The minimum absolute atomic E-state index is 0.113. The Labute approximate surface area is 168 Å². The minimum atomic E-state index is -0.210. The normalized spacial score (nSPS) is 10.6. The fourth-order valence-corrected chi connectivity index (χ4v) is 2.57. The number of hydrogen-bond acceptors (Lipinski definition) is 3. The van der Waals surface area contributed by atoms with E-state index in [0.717, 1.165) is 19.3 Å². The molecule has 2 aromatic carbocycles. The fraction of sp³-hybridized carbons (Fsp3) is 0.167. The molecule has 0 radical (unpaired) electrons. The molecule has 0 fully saturated rings. The largest absolute Gasteiger partial charge is 0.326 e. The Bertz CT molecular complexity index is 746. The van der Waals surface area contributed by atoms with Crippen LogP contribution in [-0.2, 0) is 9.59 Å². The Morgan fingerprint density at radius 2 is 1.64 bits per heavy atom. The van der Waals surface area contributed by atoms with Crippen molar-refractivity contribution in [1.29, 1.82) is 0 Å². The topological polar surface area (TPSA) is 70.6 Å². The Hall–Kier alpha value is -1.74. The molecule has 25 heavy (non-hydrogen) atoms. The maximum atomic E-state index is 11.8. The van der Waals surface area contributed by atoms with Crippen LogP contribution in [0.3, 0.4) is 0 Å². The highest BCUT2D eigenvalue weighted by molar-refractivity contribution is 14.1. The van der Waals surface area contributed by atoms with Gasteiger partial charge in [-0.1, -0.05) is 28.1 Å². The summed E-state index contributed by atoms with van der Waals surface area (Å²) in [6.07, 6.45) is 2.59. The van der Waals surface area contributed by atoms with Gasteiger partial charge < -0.3 is 5.32 Å². The van der Waals surface area contributed by atoms with Crippen LogP contribution >= 0.6 is 38.5 Å². The first-order valence-electron chi connectivity index (χ1n) is 7.66. The number of nitrogens with one attached hydrogen (secondary N) is 2. The third-order valence-electron chi connectivity index (χ3n) is 3.21. The van der Waals surface area contributed by atoms with Crippen LogP contribution in [0.2, 0.25) is 0 Å². The summed E-state index contributed by atoms with van der Waals surface area (Å²) in [5.41, 5.74) is 4.11. The third-order valence-corrected chi connectivity index (χ3v) is 4.46. The quantitative estimate of drug-likeness (QED) is 0.329. The van der Waals surface area contributed by atoms with E-state index in [0.29, 0.717) is 6.42 Å². The zero-order chi connectivity index (χ0) is 18.1. The molecule has 2 amide bonds. The Balaban J connectivity index is 1.65. The van der Waals surface area contributed by atoms with E-state index in [-0.39, 0.29) is 24.7 Å². The van der Waals surface area contributed by atoms with E-state index in [1.54, 1.807) is 6.21 Å². The molecule has 0 aliphatic rings. The van der Waals surface area contributed by atoms with Crippen molar-refractivity contribution >= 4 is 62.2 Å². The molecule has 0 aliphatic carbocycles. The van der Waals surface area contributed by atoms with E-state index in [4.69, 9.17) is 0 Å². The second-order valence-electron chi connectivity index (χ2n) is 5.25. The molecule has 7 heteroatoms. The molecule has 5 nitrogen and oxygen atoms in total. The average Bonchev–Trinajstić information content (AvgIpc) is 2.59. The molecule has 0 heterocycles. The molecule has 2 N–H and O–H groups in total. The van der Waals surface area contributed by atoms with Crippen LogP contribution in [0.15, 0.2) is 58.1 Å². The molecule has 0 saturated heterocycles. The summed E-state index contributed by atoms with van der Waals surface area (Å²) in [5, 5.41) is 6.70. The maximum Gasteiger partial charge on any atom is 0.240 e. The van der Waals surface area contributed by atoms with Gasteiger partial charge in [0.15, 0.2) is 0 Å². The van der Waals surface area contributed by atoms with Gasteiger partial charge in [0.2, 0.25) is 11.8 Å². The van der Waals surface area contributed by atoms with Gasteiger partial charge in [-0.15, -0.1) is 0 Å². The van der Waals surface area contributed by atoms with Gasteiger partial charge in [0, 0.05) is 26.6 Å². The first kappa shape index (κ1) is 19.6. The SMILES string of the molecule is O=C(CCCC(=O)Nc1ccc(Br)cc1)N/N=C\c1ccc(I)cc1. The lowest BCUT2D eigenvalue weighted by atomic mass is 10.2. The molecular weight excluding hydrogens is 497 g/mol. The lowest BCUT2D eigenvalue weighted by Gasteiger charge is -2.05. The number of carbonyl (C=O) groups is 2. The summed E-state index contributed by atoms with van der Waals surface area (Å²) in [5.74, 6) is -0.323. The van der Waals surface area contributed by atoms with E-state index in [1.165, 1.54) is 0 Å². The van der Waals surface area contributed by atoms with Crippen LogP contribution in [-0.4, -0.2) is 18.0 Å². The van der Waals surface area contributed by atoms with Gasteiger partial charge in [-0.3, -0.25) is 9.59 Å². The number of hydrogen-bond donors (Lipinski definition) is 2. The van der Waals surface area contributed by atoms with E-state index in [2.05, 4.69) is 54.4 Å². The molecule has 130 valence electrons. The zero-order valence-corrected chi connectivity index (χ0v) is 17.1. The second-order valence-corrected chi connectivity index (χ2v) is 7.41. The summed E-state index contributed by atoms with van der Waals surface area (Å²) in [4.78, 5) is 23.5. The van der Waals surface area contributed by atoms with Gasteiger partial charge in [0.1, 0.15) is 0 Å². The van der Waals surface area contributed by atoms with Gasteiger partial charge in [-0.2, -0.15) is 5.10 Å². The lowest BCUT2D eigenvalue weighted by molar-refractivity contribution is -0.121. The fourth-order valence-electron chi connectivity index (χ4n) is 1.95. The standard InChI is InChI=1S/C18H17BrIN3O2/c19-14-6-10-16(11-7-14)22-17(24)2-1-3-18(25)23-21-12-13-4-8-15(20)9-5-13/h4-12H,1-3H2,(H,22,24)(H,23,25)/b21-12-. The van der Waals surface area contributed by atoms with Crippen molar-refractivity contribution in [3.8, 4) is 0 Å². The van der Waals surface area contributed by atoms with Gasteiger partial charge >= 0.3 is 0 Å². The van der Waals surface area contributed by atoms with Crippen molar-refractivity contribution in [2.45, 2.75) is 19.3 Å². The highest BCUT2D eigenvalue weighted by Gasteiger charge is 2.05. The Morgan fingerprint density at radius 1 is 1.00 bits per heavy atom. The van der Waals surface area contributed by atoms with Crippen molar-refractivity contribution in [3.63, 3.8) is 0 Å². The van der Waals surface area contributed by atoms with Gasteiger partial charge in [-0.25, -0.2) is 5.43 Å². The van der Waals surface area contributed by atoms with Crippen molar-refractivity contribution < 1.29 is 9.59 Å². The van der Waals surface area contributed by atoms with Crippen LogP contribution in [0.25, 0.3) is 0 Å². The molecule has 0 unspecified atom stereocenters. The van der Waals surface area contributed by atoms with Crippen molar-refractivity contribution in [2.24, 2.45) is 5.10 Å². The number of halogens is 2. The highest BCUT2D eigenvalue weighted by Crippen LogP contribution is 2.14. The molecule has 2 rings (SSSR count). The van der Waals surface area contributed by atoms with Crippen molar-refractivity contribution in [2.75, 3.05) is 5.32 Å². The predicted octanol–water partition coefficient (Wildman–Crippen LogP) is 4.31. The second kappa shape index (κ2) is 10.3. The number of nitrogens with zero attached hydrogens (tertiary/aromatic N) is 1. The monoisotopic (exact) mass is 513 g/mol. The van der Waals surface area contributed by atoms with Crippen LogP contribution in [0.1, 0.15) is 24.8 Å². The molecule has 0 atom stereocenters. The third kappa shape index (κ3) is 7.78. The van der Waals surface area contributed by atoms with Crippen molar-refractivity contribution in [1.82, 2.24) is 5.43 Å². The molecule has 0 saturated carbocycles. The molecule has 2 aromatic rings. The average molecular weight is 514 g/mol. The van der Waals surface area contributed by atoms with E-state index in [9.17, 15) is 9.59 Å². The van der Waals surface area contributed by atoms with Gasteiger partial charge in [-0.05, 0) is 71.0 Å². The molecule has 0 aromatic heterocycles. The van der Waals surface area contributed by atoms with Crippen molar-refractivity contribution in [3.05, 3.63) is 62.1 Å². The van der Waals surface area contributed by atoms with Crippen LogP contribution in [0.5, 0.6) is 0 Å². The summed E-state index contributed by atoms with van der Waals surface area (Å²) in [6.45, 7) is 0. The number of rotatable bonds is 7. The molecule has 0 spiro atoms.